The fourth-order valence-electron chi connectivity index (χ4n) is 10.9. The Hall–Kier alpha value is -2.68. The van der Waals surface area contributed by atoms with E-state index in [-0.39, 0.29) is 60.0 Å². The van der Waals surface area contributed by atoms with Crippen LogP contribution in [0.4, 0.5) is 4.79 Å². The molecule has 4 aliphatic heterocycles. The Kier molecular flexibility index (Phi) is 25.9. The highest BCUT2D eigenvalue weighted by atomic mass is 127. The molecular weight excluding hydrogens is 1290 g/mol. The summed E-state index contributed by atoms with van der Waals surface area (Å²) in [7, 11) is 11.3. The molecule has 6 aliphatic rings. The van der Waals surface area contributed by atoms with E-state index in [0.717, 1.165) is 18.9 Å². The molecule has 2 bridgehead atoms. The number of fused-ring (bicyclic) bond motifs is 2. The van der Waals surface area contributed by atoms with Crippen molar-refractivity contribution < 1.29 is 102 Å². The molecule has 5 fully saturated rings. The third-order valence-electron chi connectivity index (χ3n) is 15.2. The van der Waals surface area contributed by atoms with E-state index in [1.807, 2.05) is 35.8 Å². The molecule has 0 aromatic heterocycles. The van der Waals surface area contributed by atoms with Crippen molar-refractivity contribution in [3.8, 4) is 40.9 Å². The van der Waals surface area contributed by atoms with Gasteiger partial charge in [0.25, 0.3) is 0 Å². The lowest BCUT2D eigenvalue weighted by Crippen LogP contribution is -2.66. The predicted molar refractivity (Wildman–Crippen MR) is 320 cm³/mol. The summed E-state index contributed by atoms with van der Waals surface area (Å²) in [6, 6.07) is -2.57. The van der Waals surface area contributed by atoms with Gasteiger partial charge in [-0.15, -0.1) is 0 Å². The summed E-state index contributed by atoms with van der Waals surface area (Å²) in [6.07, 6.45) is -11.4. The molecule has 0 radical (unpaired) electrons. The predicted octanol–water partition coefficient (Wildman–Crippen LogP) is 2.93. The quantitative estimate of drug-likeness (QED) is 0.0207. The molecular formula is C55H76IN3O21S4. The van der Waals surface area contributed by atoms with E-state index in [4.69, 9.17) is 61.7 Å². The highest BCUT2D eigenvalue weighted by molar-refractivity contribution is 14.1. The van der Waals surface area contributed by atoms with Gasteiger partial charge in [0, 0.05) is 38.7 Å². The number of hydroxylamine groups is 1. The summed E-state index contributed by atoms with van der Waals surface area (Å²) in [4.78, 5) is 47.7. The van der Waals surface area contributed by atoms with E-state index >= 15 is 0 Å². The molecule has 84 heavy (non-hydrogen) atoms. The van der Waals surface area contributed by atoms with Crippen LogP contribution in [-0.2, 0) is 52.3 Å². The van der Waals surface area contributed by atoms with Crippen molar-refractivity contribution in [2.24, 2.45) is 5.92 Å². The number of hydrogen-bond donors (Lipinski definition) is 8. The van der Waals surface area contributed by atoms with Gasteiger partial charge in [0.05, 0.1) is 91.3 Å². The van der Waals surface area contributed by atoms with Crippen LogP contribution in [0, 0.1) is 40.1 Å². The SMILES string of the molecule is CCNC1COC(OC2C(O[C@H]3C#C/C=C\C#C[C@]4(O)CC(=O)C(NC(=O)OC)C3/C4=C\CSSSC)OC(C)C(NOC3CC(O)C(SC(=O)c4c(C)c(I)c(OC5OC(C)C(O)C(OC)C5O)c(OC)c4OC)C(C)O3)C2O)CC1OC. The van der Waals surface area contributed by atoms with Crippen LogP contribution in [0.3, 0.4) is 0 Å². The van der Waals surface area contributed by atoms with E-state index in [9.17, 15) is 39.9 Å². The number of rotatable bonds is 22. The number of ether oxygens (including phenoxy) is 12. The smallest absolute Gasteiger partial charge is 0.407 e. The number of hydrogen-bond acceptors (Lipinski definition) is 27. The average molecular weight is 1370 g/mol. The number of carbonyl (C=O) groups is 3. The highest BCUT2D eigenvalue weighted by Gasteiger charge is 2.55. The van der Waals surface area contributed by atoms with E-state index in [0.29, 0.717) is 21.4 Å². The number of aliphatic hydroxyl groups is 5. The number of allylic oxidation sites excluding steroid dienone is 2. The maximum Gasteiger partial charge on any atom is 0.407 e. The molecule has 1 saturated carbocycles. The molecule has 0 spiro atoms. The Labute approximate surface area is 518 Å². The normalized spacial score (nSPS) is 37.6. The van der Waals surface area contributed by atoms with Crippen molar-refractivity contribution in [2.75, 3.05) is 60.7 Å². The number of alkyl carbamates (subject to hydrolysis) is 1. The molecule has 1 aromatic rings. The lowest BCUT2D eigenvalue weighted by atomic mass is 9.68. The lowest BCUT2D eigenvalue weighted by molar-refractivity contribution is -0.339. The summed E-state index contributed by atoms with van der Waals surface area (Å²) in [5.41, 5.74) is 1.75. The Bertz CT molecular complexity index is 2630. The van der Waals surface area contributed by atoms with Crippen molar-refractivity contribution in [3.63, 3.8) is 0 Å². The standard InChI is InChI=1S/C55H76IN3O21S4/c1-12-57-30-24-73-35(22-34(30)68-6)78-48-43(63)40(26(3)75-53(48)77-33-17-15-13-14-16-19-55(67)23-32(61)41(58-54(66)72-10)38(33)29(55)18-20-82-84-81-11)59-80-36-21-31(60)50(28(5)74-36)83-51(65)37-25(2)39(56)46(49(71-9)45(37)69-7)79-52-44(64)47(70-8)42(62)27(4)76-52/h13-14,18,26-28,30-31,33-36,38,40-44,47-48,50,52-53,57,59-60,62-64,67H,12,20-24H2,1-11H3,(H,58,66)/b14-13-,29-18+/t26?,27?,28?,30?,31?,33-,34?,35?,36?,38?,40?,41?,42?,43?,44?,47?,48?,50?,52?,53?,55-/m0/s1. The van der Waals surface area contributed by atoms with Crippen LogP contribution in [0.25, 0.3) is 0 Å². The van der Waals surface area contributed by atoms with Gasteiger partial charge < -0.3 is 93.0 Å². The minimum Gasteiger partial charge on any atom is -0.492 e. The van der Waals surface area contributed by atoms with Gasteiger partial charge in [-0.1, -0.05) is 70.0 Å². The van der Waals surface area contributed by atoms with E-state index < -0.39 is 138 Å². The number of likely N-dealkylation sites (N-methyl/N-ethyl adjacent to an activating group) is 1. The van der Waals surface area contributed by atoms with Gasteiger partial charge in [-0.2, -0.15) is 5.48 Å². The molecule has 19 unspecified atom stereocenters. The largest absolute Gasteiger partial charge is 0.492 e. The second kappa shape index (κ2) is 31.7. The van der Waals surface area contributed by atoms with Crippen molar-refractivity contribution in [1.29, 1.82) is 0 Å². The third kappa shape index (κ3) is 15.8. The molecule has 4 heterocycles. The number of aliphatic hydroxyl groups excluding tert-OH is 4. The topological polar surface area (TPSA) is 308 Å². The monoisotopic (exact) mass is 1370 g/mol. The van der Waals surface area contributed by atoms with Gasteiger partial charge in [-0.05, 0) is 96.2 Å². The first-order valence-corrected chi connectivity index (χ1v) is 33.1. The van der Waals surface area contributed by atoms with E-state index in [2.05, 4.69) is 39.8 Å². The first kappa shape index (κ1) is 68.8. The number of methoxy groups -OCH3 is 5. The van der Waals surface area contributed by atoms with Gasteiger partial charge in [0.2, 0.25) is 17.2 Å². The summed E-state index contributed by atoms with van der Waals surface area (Å²) >= 11 is 2.83. The second-order valence-corrected chi connectivity index (χ2v) is 27.0. The number of benzene rings is 1. The molecule has 8 N–H and O–H groups in total. The Morgan fingerprint density at radius 3 is 2.27 bits per heavy atom. The van der Waals surface area contributed by atoms with Crippen LogP contribution in [0.15, 0.2) is 23.8 Å². The molecule has 7 rings (SSSR count). The average Bonchev–Trinajstić information content (AvgIpc) is 1.36. The molecule has 24 nitrogen and oxygen atoms in total. The van der Waals surface area contributed by atoms with Crippen molar-refractivity contribution in [2.45, 2.75) is 175 Å². The van der Waals surface area contributed by atoms with E-state index in [1.165, 1.54) is 64.9 Å². The Morgan fingerprint density at radius 2 is 1.61 bits per heavy atom. The van der Waals surface area contributed by atoms with Crippen LogP contribution in [-0.4, -0.2) is 225 Å². The maximum absolute atomic E-state index is 14.4. The molecule has 468 valence electrons. The summed E-state index contributed by atoms with van der Waals surface area (Å²) < 4.78 is 72.7. The zero-order valence-corrected chi connectivity index (χ0v) is 53.7. The van der Waals surface area contributed by atoms with Gasteiger partial charge in [-0.3, -0.25) is 14.4 Å². The van der Waals surface area contributed by atoms with Crippen molar-refractivity contribution in [3.05, 3.63) is 38.5 Å². The van der Waals surface area contributed by atoms with Gasteiger partial charge in [0.15, 0.2) is 41.8 Å². The maximum atomic E-state index is 14.4. The van der Waals surface area contributed by atoms with Crippen LogP contribution < -0.4 is 30.3 Å². The molecule has 29 heteroatoms. The molecule has 1 amide bonds. The molecule has 1 aromatic carbocycles. The second-order valence-electron chi connectivity index (χ2n) is 20.4. The third-order valence-corrected chi connectivity index (χ3v) is 21.6. The van der Waals surface area contributed by atoms with Gasteiger partial charge in [-0.25, -0.2) is 4.79 Å². The zero-order valence-electron chi connectivity index (χ0n) is 48.3. The summed E-state index contributed by atoms with van der Waals surface area (Å²) in [5, 5.41) is 62.9. The van der Waals surface area contributed by atoms with Crippen molar-refractivity contribution >= 4 is 82.8 Å². The number of nitrogens with one attached hydrogen (secondary N) is 3. The Morgan fingerprint density at radius 1 is 0.881 bits per heavy atom. The summed E-state index contributed by atoms with van der Waals surface area (Å²) in [6.45, 7) is 9.44. The highest BCUT2D eigenvalue weighted by Crippen LogP contribution is 2.49. The Balaban J connectivity index is 1.11. The number of thioether (sulfide) groups is 1. The van der Waals surface area contributed by atoms with Crippen LogP contribution in [0.5, 0.6) is 17.2 Å². The first-order valence-electron chi connectivity index (χ1n) is 27.1. The van der Waals surface area contributed by atoms with Crippen LogP contribution in [0.2, 0.25) is 0 Å². The van der Waals surface area contributed by atoms with Crippen molar-refractivity contribution in [1.82, 2.24) is 16.1 Å². The fraction of sp³-hybridized carbons (Fsp3) is 0.691. The molecule has 2 aliphatic carbocycles. The number of carbonyl (C=O) groups excluding carboxylic acids is 3. The number of Topliss-reactive ketones (excluding diaryl/α,β-unsaturated/α-hetero) is 1. The number of amides is 1. The van der Waals surface area contributed by atoms with Gasteiger partial charge >= 0.3 is 6.09 Å². The van der Waals surface area contributed by atoms with Crippen LogP contribution >= 0.6 is 65.8 Å². The van der Waals surface area contributed by atoms with Gasteiger partial charge in [0.1, 0.15) is 42.7 Å². The first-order chi connectivity index (χ1) is 40.2. The zero-order chi connectivity index (χ0) is 61.2. The van der Waals surface area contributed by atoms with E-state index in [1.54, 1.807) is 40.9 Å². The fourth-order valence-corrected chi connectivity index (χ4v) is 15.1. The number of halogens is 1. The molecule has 21 atom stereocenters. The lowest BCUT2D eigenvalue weighted by Gasteiger charge is -2.48. The molecule has 4 saturated heterocycles. The number of ketones is 1. The summed E-state index contributed by atoms with van der Waals surface area (Å²) in [5.74, 6) is 10.4. The minimum atomic E-state index is -2.00. The minimum absolute atomic E-state index is 0.0288. The van der Waals surface area contributed by atoms with Crippen LogP contribution in [0.1, 0.15) is 62.9 Å².